The van der Waals surface area contributed by atoms with Crippen LogP contribution in [0.4, 0.5) is 5.95 Å². The Bertz CT molecular complexity index is 1020. The van der Waals surface area contributed by atoms with Crippen molar-refractivity contribution in [3.05, 3.63) is 11.0 Å². The molecule has 3 N–H and O–H groups in total. The second-order valence-electron chi connectivity index (χ2n) is 6.29. The number of rotatable bonds is 5. The van der Waals surface area contributed by atoms with E-state index in [1.165, 1.54) is 31.7 Å². The van der Waals surface area contributed by atoms with Crippen LogP contribution in [0.15, 0.2) is 6.33 Å². The number of H-pyrrole nitrogens is 1. The van der Waals surface area contributed by atoms with E-state index in [1.54, 1.807) is 0 Å². The molecule has 29 heavy (non-hydrogen) atoms. The normalized spacial score (nSPS) is 23.7. The number of hydrogen-bond acceptors (Lipinski definition) is 11. The van der Waals surface area contributed by atoms with Crippen molar-refractivity contribution in [3.8, 4) is 0 Å². The number of anilines is 1. The molecule has 4 atom stereocenters. The molecule has 3 rings (SSSR count). The third-order valence-electron chi connectivity index (χ3n) is 4.08. The van der Waals surface area contributed by atoms with Crippen LogP contribution in [0.25, 0.3) is 11.2 Å². The van der Waals surface area contributed by atoms with Crippen LogP contribution in [0.2, 0.25) is 0 Å². The minimum absolute atomic E-state index is 0.0549. The monoisotopic (exact) mass is 425 g/mol. The molecular formula is C16H19N5O7S. The number of fused-ring (bicyclic) bond motifs is 1. The zero-order valence-corrected chi connectivity index (χ0v) is 16.6. The average Bonchev–Trinajstić information content (AvgIpc) is 3.15. The van der Waals surface area contributed by atoms with Crippen LogP contribution >= 0.6 is 12.2 Å². The zero-order valence-electron chi connectivity index (χ0n) is 15.8. The van der Waals surface area contributed by atoms with Crippen LogP contribution in [0.1, 0.15) is 27.0 Å². The minimum Gasteiger partial charge on any atom is -0.463 e. The highest BCUT2D eigenvalue weighted by Crippen LogP contribution is 2.36. The van der Waals surface area contributed by atoms with Gasteiger partial charge in [-0.1, -0.05) is 12.2 Å². The van der Waals surface area contributed by atoms with Gasteiger partial charge in [0.15, 0.2) is 29.0 Å². The van der Waals surface area contributed by atoms with Gasteiger partial charge in [0.05, 0.1) is 6.33 Å². The molecule has 0 aliphatic carbocycles. The quantitative estimate of drug-likeness (QED) is 0.387. The number of carbonyl (C=O) groups is 3. The Balaban J connectivity index is 2.05. The number of nitrogen functional groups attached to an aromatic ring is 1. The number of hydrogen-bond donors (Lipinski definition) is 2. The minimum atomic E-state index is -1.05. The first kappa shape index (κ1) is 20.7. The van der Waals surface area contributed by atoms with Gasteiger partial charge in [0, 0.05) is 20.8 Å². The number of carbonyl (C=O) groups excluding carboxylic acids is 3. The van der Waals surface area contributed by atoms with Crippen molar-refractivity contribution < 1.29 is 33.3 Å². The third kappa shape index (κ3) is 4.35. The fraction of sp³-hybridized carbons (Fsp3) is 0.500. The van der Waals surface area contributed by atoms with Crippen LogP contribution in [0, 0.1) is 4.64 Å². The predicted molar refractivity (Wildman–Crippen MR) is 98.8 cm³/mol. The number of nitrogens with two attached hydrogens (primary N) is 1. The van der Waals surface area contributed by atoms with Crippen molar-refractivity contribution in [2.24, 2.45) is 0 Å². The molecule has 1 saturated heterocycles. The van der Waals surface area contributed by atoms with Gasteiger partial charge in [0.1, 0.15) is 23.9 Å². The maximum atomic E-state index is 11.7. The molecule has 0 radical (unpaired) electrons. The summed E-state index contributed by atoms with van der Waals surface area (Å²) in [6.45, 7) is 3.43. The summed E-state index contributed by atoms with van der Waals surface area (Å²) in [6, 6.07) is 0. The second-order valence-corrected chi connectivity index (χ2v) is 6.68. The van der Waals surface area contributed by atoms with Crippen molar-refractivity contribution in [3.63, 3.8) is 0 Å². The van der Waals surface area contributed by atoms with Crippen molar-refractivity contribution in [1.82, 2.24) is 19.5 Å². The van der Waals surface area contributed by atoms with Gasteiger partial charge in [-0.2, -0.15) is 0 Å². The van der Waals surface area contributed by atoms with Gasteiger partial charge in [0.25, 0.3) is 0 Å². The van der Waals surface area contributed by atoms with E-state index in [9.17, 15) is 14.4 Å². The number of esters is 3. The Hall–Kier alpha value is -3.06. The number of nitrogens with one attached hydrogen (secondary N) is 1. The first-order chi connectivity index (χ1) is 13.7. The third-order valence-corrected chi connectivity index (χ3v) is 4.36. The Morgan fingerprint density at radius 1 is 1.21 bits per heavy atom. The molecule has 0 saturated carbocycles. The molecule has 2 aromatic heterocycles. The molecule has 0 unspecified atom stereocenters. The van der Waals surface area contributed by atoms with Gasteiger partial charge >= 0.3 is 17.9 Å². The molecular weight excluding hydrogens is 406 g/mol. The van der Waals surface area contributed by atoms with E-state index in [0.29, 0.717) is 11.2 Å². The lowest BCUT2D eigenvalue weighted by Gasteiger charge is -2.23. The summed E-state index contributed by atoms with van der Waals surface area (Å²) in [4.78, 5) is 45.5. The standard InChI is InChI=1S/C16H19N5O7S/c1-6(22)25-4-9-11(26-7(2)23)12(27-8(3)24)15(28-9)21-5-18-10-13(21)19-16(17)20-14(10)29/h5,9,11-12,15H,4H2,1-3H3,(H3,17,19,20,29)/t9-,11+,12-,15-/m1/s1. The van der Waals surface area contributed by atoms with Gasteiger partial charge in [0.2, 0.25) is 0 Å². The van der Waals surface area contributed by atoms with Crippen LogP contribution in [-0.2, 0) is 33.3 Å². The molecule has 12 nitrogen and oxygen atoms in total. The molecule has 2 aromatic rings. The Morgan fingerprint density at radius 2 is 1.86 bits per heavy atom. The topological polar surface area (TPSA) is 161 Å². The number of ether oxygens (including phenoxy) is 4. The largest absolute Gasteiger partial charge is 0.463 e. The predicted octanol–water partition coefficient (Wildman–Crippen LogP) is 0.395. The Morgan fingerprint density at radius 3 is 2.48 bits per heavy atom. The van der Waals surface area contributed by atoms with E-state index in [1.807, 2.05) is 0 Å². The summed E-state index contributed by atoms with van der Waals surface area (Å²) in [6.07, 6.45) is -2.54. The lowest BCUT2D eigenvalue weighted by Crippen LogP contribution is -2.40. The zero-order chi connectivity index (χ0) is 21.3. The van der Waals surface area contributed by atoms with Gasteiger partial charge in [-0.25, -0.2) is 9.97 Å². The Kier molecular flexibility index (Phi) is 5.79. The highest BCUT2D eigenvalue weighted by Gasteiger charge is 2.51. The maximum absolute atomic E-state index is 11.7. The van der Waals surface area contributed by atoms with Crippen LogP contribution < -0.4 is 5.73 Å². The average molecular weight is 425 g/mol. The first-order valence-electron chi connectivity index (χ1n) is 8.53. The van der Waals surface area contributed by atoms with Crippen LogP contribution in [-0.4, -0.2) is 62.3 Å². The number of aromatic nitrogens is 4. The van der Waals surface area contributed by atoms with E-state index < -0.39 is 42.4 Å². The lowest BCUT2D eigenvalue weighted by atomic mass is 10.1. The highest BCUT2D eigenvalue weighted by atomic mass is 32.1. The fourth-order valence-electron chi connectivity index (χ4n) is 3.06. The van der Waals surface area contributed by atoms with E-state index in [4.69, 9.17) is 36.9 Å². The summed E-state index contributed by atoms with van der Waals surface area (Å²) in [5.74, 6) is -1.72. The molecule has 13 heteroatoms. The summed E-state index contributed by atoms with van der Waals surface area (Å²) >= 11 is 5.16. The summed E-state index contributed by atoms with van der Waals surface area (Å²) < 4.78 is 23.3. The number of nitrogens with zero attached hydrogens (tertiary/aromatic N) is 3. The van der Waals surface area contributed by atoms with Crippen molar-refractivity contribution in [2.75, 3.05) is 12.3 Å². The summed E-state index contributed by atoms with van der Waals surface area (Å²) in [5, 5.41) is 0. The van der Waals surface area contributed by atoms with Crippen molar-refractivity contribution in [2.45, 2.75) is 45.3 Å². The first-order valence-corrected chi connectivity index (χ1v) is 8.93. The number of aromatic amines is 1. The van der Waals surface area contributed by atoms with Gasteiger partial charge in [-0.3, -0.25) is 19.0 Å². The molecule has 156 valence electrons. The molecule has 3 heterocycles. The van der Waals surface area contributed by atoms with Crippen molar-refractivity contribution in [1.29, 1.82) is 0 Å². The molecule has 1 fully saturated rings. The second kappa shape index (κ2) is 8.13. The number of imidazole rings is 1. The summed E-state index contributed by atoms with van der Waals surface area (Å²) in [7, 11) is 0. The van der Waals surface area contributed by atoms with E-state index in [2.05, 4.69) is 15.0 Å². The molecule has 1 aliphatic rings. The van der Waals surface area contributed by atoms with Gasteiger partial charge in [-0.15, -0.1) is 0 Å². The van der Waals surface area contributed by atoms with E-state index in [0.717, 1.165) is 0 Å². The van der Waals surface area contributed by atoms with Gasteiger partial charge < -0.3 is 29.7 Å². The van der Waals surface area contributed by atoms with Crippen LogP contribution in [0.5, 0.6) is 0 Å². The fourth-order valence-corrected chi connectivity index (χ4v) is 3.31. The molecule has 0 aromatic carbocycles. The summed E-state index contributed by atoms with van der Waals surface area (Å²) in [5.41, 5.74) is 6.47. The van der Waals surface area contributed by atoms with E-state index in [-0.39, 0.29) is 17.2 Å². The molecule has 1 aliphatic heterocycles. The SMILES string of the molecule is CC(=O)OC[C@H]1O[C@@H](n2cnc3c(=S)nc(N)[nH]c32)[C@H](OC(C)=O)[C@H]1OC(C)=O. The smallest absolute Gasteiger partial charge is 0.303 e. The highest BCUT2D eigenvalue weighted by molar-refractivity contribution is 7.71. The molecule has 0 amide bonds. The van der Waals surface area contributed by atoms with Crippen molar-refractivity contribution >= 4 is 47.2 Å². The Labute approximate surface area is 169 Å². The lowest BCUT2D eigenvalue weighted by molar-refractivity contribution is -0.166. The molecule has 0 spiro atoms. The van der Waals surface area contributed by atoms with Gasteiger partial charge in [-0.05, 0) is 0 Å². The molecule has 0 bridgehead atoms. The van der Waals surface area contributed by atoms with E-state index >= 15 is 0 Å². The van der Waals surface area contributed by atoms with Crippen LogP contribution in [0.3, 0.4) is 0 Å². The maximum Gasteiger partial charge on any atom is 0.303 e.